The molecule has 0 aromatic heterocycles. The summed E-state index contributed by atoms with van der Waals surface area (Å²) in [5.41, 5.74) is 0.985. The number of rotatable bonds is 1. The van der Waals surface area contributed by atoms with E-state index in [1.54, 1.807) is 12.1 Å². The van der Waals surface area contributed by atoms with Gasteiger partial charge in [-0.3, -0.25) is 0 Å². The maximum Gasteiger partial charge on any atom is 0.137 e. The summed E-state index contributed by atoms with van der Waals surface area (Å²) in [5.74, 6) is -0.226. The molecule has 0 spiro atoms. The SMILES string of the molecule is CN(C)c1ccc(F)c(Br)c1. The van der Waals surface area contributed by atoms with Crippen LogP contribution in [-0.2, 0) is 0 Å². The molecule has 0 bridgehead atoms. The van der Waals surface area contributed by atoms with Crippen LogP contribution in [0.1, 0.15) is 0 Å². The van der Waals surface area contributed by atoms with Crippen molar-refractivity contribution < 1.29 is 4.39 Å². The molecule has 0 fully saturated rings. The van der Waals surface area contributed by atoms with Crippen LogP contribution in [0.25, 0.3) is 0 Å². The van der Waals surface area contributed by atoms with Crippen molar-refractivity contribution in [1.29, 1.82) is 0 Å². The Kier molecular flexibility index (Phi) is 2.49. The maximum atomic E-state index is 12.7. The summed E-state index contributed by atoms with van der Waals surface area (Å²) >= 11 is 3.11. The number of nitrogens with zero attached hydrogens (tertiary/aromatic N) is 1. The summed E-state index contributed by atoms with van der Waals surface area (Å²) in [6.45, 7) is 0. The normalized spacial score (nSPS) is 9.82. The smallest absolute Gasteiger partial charge is 0.137 e. The van der Waals surface area contributed by atoms with Crippen LogP contribution < -0.4 is 4.90 Å². The molecule has 0 N–H and O–H groups in total. The fraction of sp³-hybridized carbons (Fsp3) is 0.250. The number of hydrogen-bond acceptors (Lipinski definition) is 1. The van der Waals surface area contributed by atoms with E-state index >= 15 is 0 Å². The van der Waals surface area contributed by atoms with Crippen molar-refractivity contribution in [3.63, 3.8) is 0 Å². The lowest BCUT2D eigenvalue weighted by Gasteiger charge is -2.12. The van der Waals surface area contributed by atoms with E-state index in [-0.39, 0.29) is 5.82 Å². The Hall–Kier alpha value is -0.570. The summed E-state index contributed by atoms with van der Waals surface area (Å²) in [6.07, 6.45) is 0. The van der Waals surface area contributed by atoms with Crippen LogP contribution in [0, 0.1) is 5.82 Å². The predicted molar refractivity (Wildman–Crippen MR) is 48.4 cm³/mol. The van der Waals surface area contributed by atoms with Gasteiger partial charge in [-0.15, -0.1) is 0 Å². The minimum atomic E-state index is -0.226. The summed E-state index contributed by atoms with van der Waals surface area (Å²) < 4.78 is 13.2. The Morgan fingerprint density at radius 1 is 1.36 bits per heavy atom. The van der Waals surface area contributed by atoms with Gasteiger partial charge in [0.2, 0.25) is 0 Å². The minimum absolute atomic E-state index is 0.226. The van der Waals surface area contributed by atoms with Gasteiger partial charge < -0.3 is 4.90 Å². The predicted octanol–water partition coefficient (Wildman–Crippen LogP) is 2.65. The molecule has 60 valence electrons. The quantitative estimate of drug-likeness (QED) is 0.700. The topological polar surface area (TPSA) is 3.24 Å². The van der Waals surface area contributed by atoms with Crippen LogP contribution in [0.4, 0.5) is 10.1 Å². The van der Waals surface area contributed by atoms with Gasteiger partial charge in [0.25, 0.3) is 0 Å². The second kappa shape index (κ2) is 3.22. The summed E-state index contributed by atoms with van der Waals surface area (Å²) in [6, 6.07) is 4.93. The molecule has 0 unspecified atom stereocenters. The highest BCUT2D eigenvalue weighted by Gasteiger charge is 2.00. The van der Waals surface area contributed by atoms with Gasteiger partial charge in [0.1, 0.15) is 5.82 Å². The Labute approximate surface area is 74.0 Å². The summed E-state index contributed by atoms with van der Waals surface area (Å²) in [5, 5.41) is 0. The second-order valence-electron chi connectivity index (χ2n) is 2.49. The lowest BCUT2D eigenvalue weighted by atomic mass is 10.3. The summed E-state index contributed by atoms with van der Waals surface area (Å²) in [7, 11) is 3.83. The first-order valence-corrected chi connectivity index (χ1v) is 4.03. The average molecular weight is 218 g/mol. The molecule has 0 saturated carbocycles. The molecule has 0 aliphatic carbocycles. The number of halogens is 2. The first-order valence-electron chi connectivity index (χ1n) is 3.23. The van der Waals surface area contributed by atoms with E-state index in [9.17, 15) is 4.39 Å². The molecule has 0 radical (unpaired) electrons. The molecular weight excluding hydrogens is 209 g/mol. The van der Waals surface area contributed by atoms with E-state index in [4.69, 9.17) is 0 Å². The lowest BCUT2D eigenvalue weighted by molar-refractivity contribution is 0.621. The van der Waals surface area contributed by atoms with Gasteiger partial charge in [-0.25, -0.2) is 4.39 Å². The fourth-order valence-corrected chi connectivity index (χ4v) is 1.13. The third-order valence-electron chi connectivity index (χ3n) is 1.42. The van der Waals surface area contributed by atoms with Gasteiger partial charge in [-0.2, -0.15) is 0 Å². The van der Waals surface area contributed by atoms with E-state index in [1.807, 2.05) is 19.0 Å². The zero-order chi connectivity index (χ0) is 8.43. The van der Waals surface area contributed by atoms with Crippen molar-refractivity contribution in [3.05, 3.63) is 28.5 Å². The number of benzene rings is 1. The van der Waals surface area contributed by atoms with E-state index < -0.39 is 0 Å². The number of hydrogen-bond donors (Lipinski definition) is 0. The van der Waals surface area contributed by atoms with E-state index in [2.05, 4.69) is 15.9 Å². The number of anilines is 1. The first kappa shape index (κ1) is 8.53. The van der Waals surface area contributed by atoms with Gasteiger partial charge in [-0.1, -0.05) is 0 Å². The van der Waals surface area contributed by atoms with Crippen LogP contribution in [-0.4, -0.2) is 14.1 Å². The van der Waals surface area contributed by atoms with Gasteiger partial charge in [0.05, 0.1) is 4.47 Å². The van der Waals surface area contributed by atoms with Crippen LogP contribution in [0.3, 0.4) is 0 Å². The van der Waals surface area contributed by atoms with Crippen molar-refractivity contribution in [1.82, 2.24) is 0 Å². The molecule has 0 saturated heterocycles. The monoisotopic (exact) mass is 217 g/mol. The highest BCUT2D eigenvalue weighted by atomic mass is 79.9. The average Bonchev–Trinajstić information content (AvgIpc) is 1.94. The zero-order valence-electron chi connectivity index (χ0n) is 6.44. The summed E-state index contributed by atoms with van der Waals surface area (Å²) in [4.78, 5) is 1.92. The molecular formula is C8H9BrFN. The van der Waals surface area contributed by atoms with Crippen LogP contribution >= 0.6 is 15.9 Å². The molecule has 3 heteroatoms. The Morgan fingerprint density at radius 2 is 2.00 bits per heavy atom. The van der Waals surface area contributed by atoms with Crippen molar-refractivity contribution in [3.8, 4) is 0 Å². The van der Waals surface area contributed by atoms with Crippen LogP contribution in [0.15, 0.2) is 22.7 Å². The molecule has 0 aliphatic rings. The van der Waals surface area contributed by atoms with E-state index in [1.165, 1.54) is 6.07 Å². The maximum absolute atomic E-state index is 12.7. The van der Waals surface area contributed by atoms with Gasteiger partial charge >= 0.3 is 0 Å². The highest BCUT2D eigenvalue weighted by Crippen LogP contribution is 2.21. The molecule has 1 rings (SSSR count). The highest BCUT2D eigenvalue weighted by molar-refractivity contribution is 9.10. The molecule has 0 atom stereocenters. The molecule has 0 amide bonds. The van der Waals surface area contributed by atoms with Crippen LogP contribution in [0.5, 0.6) is 0 Å². The second-order valence-corrected chi connectivity index (χ2v) is 3.35. The van der Waals surface area contributed by atoms with Crippen molar-refractivity contribution >= 4 is 21.6 Å². The van der Waals surface area contributed by atoms with Gasteiger partial charge in [-0.05, 0) is 34.1 Å². The van der Waals surface area contributed by atoms with E-state index in [0.29, 0.717) is 4.47 Å². The zero-order valence-corrected chi connectivity index (χ0v) is 8.02. The Bertz CT molecular complexity index is 260. The fourth-order valence-electron chi connectivity index (χ4n) is 0.763. The molecule has 11 heavy (non-hydrogen) atoms. The Balaban J connectivity index is 3.05. The molecule has 1 nitrogen and oxygen atoms in total. The standard InChI is InChI=1S/C8H9BrFN/c1-11(2)6-3-4-8(10)7(9)5-6/h3-5H,1-2H3. The van der Waals surface area contributed by atoms with Crippen molar-refractivity contribution in [2.45, 2.75) is 0 Å². The Morgan fingerprint density at radius 3 is 2.45 bits per heavy atom. The first-order chi connectivity index (χ1) is 5.11. The lowest BCUT2D eigenvalue weighted by Crippen LogP contribution is -2.08. The molecule has 0 aliphatic heterocycles. The van der Waals surface area contributed by atoms with Gasteiger partial charge in [0, 0.05) is 19.8 Å². The molecule has 1 aromatic carbocycles. The third kappa shape index (κ3) is 1.93. The van der Waals surface area contributed by atoms with E-state index in [0.717, 1.165) is 5.69 Å². The van der Waals surface area contributed by atoms with Crippen molar-refractivity contribution in [2.75, 3.05) is 19.0 Å². The van der Waals surface area contributed by atoms with Gasteiger partial charge in [0.15, 0.2) is 0 Å². The minimum Gasteiger partial charge on any atom is -0.378 e. The van der Waals surface area contributed by atoms with Crippen molar-refractivity contribution in [2.24, 2.45) is 0 Å². The molecule has 1 aromatic rings. The third-order valence-corrected chi connectivity index (χ3v) is 2.03. The van der Waals surface area contributed by atoms with Crippen LogP contribution in [0.2, 0.25) is 0 Å². The largest absolute Gasteiger partial charge is 0.378 e. The molecule has 0 heterocycles.